The molecule has 20 nitrogen and oxygen atoms in total. The van der Waals surface area contributed by atoms with Gasteiger partial charge in [-0.25, -0.2) is 0 Å². The minimum absolute atomic E-state index is 0.00792. The Hall–Kier alpha value is -7.93. The van der Waals surface area contributed by atoms with Crippen molar-refractivity contribution in [2.45, 2.75) is 21.6 Å². The van der Waals surface area contributed by atoms with E-state index in [-0.39, 0.29) is 33.4 Å². The molecule has 0 aliphatic carbocycles. The van der Waals surface area contributed by atoms with Gasteiger partial charge in [0.05, 0.1) is 39.5 Å². The summed E-state index contributed by atoms with van der Waals surface area (Å²) in [4.78, 5) is -2.88. The lowest BCUT2D eigenvalue weighted by atomic mass is 10.0. The van der Waals surface area contributed by atoms with E-state index >= 15 is 0 Å². The van der Waals surface area contributed by atoms with Crippen molar-refractivity contribution in [1.29, 1.82) is 0 Å². The Labute approximate surface area is 374 Å². The van der Waals surface area contributed by atoms with Crippen molar-refractivity contribution < 1.29 is 49.1 Å². The van der Waals surface area contributed by atoms with Crippen LogP contribution in [0.1, 0.15) is 5.56 Å². The van der Waals surface area contributed by atoms with Crippen LogP contribution in [0.2, 0.25) is 0 Å². The molecule has 7 N–H and O–H groups in total. The van der Waals surface area contributed by atoms with Gasteiger partial charge in [-0.1, -0.05) is 54.6 Å². The van der Waals surface area contributed by atoms with E-state index in [9.17, 15) is 49.1 Å². The summed E-state index contributed by atoms with van der Waals surface area (Å²) in [5, 5.41) is 56.1. The molecule has 0 amide bonds. The third-order valence-corrected chi connectivity index (χ3v) is 12.7. The van der Waals surface area contributed by atoms with Gasteiger partial charge in [0.1, 0.15) is 31.7 Å². The number of azo groups is 4. The number of hydrogen-bond donors (Lipinski definition) is 6. The zero-order valence-corrected chi connectivity index (χ0v) is 36.1. The highest BCUT2D eigenvalue weighted by Gasteiger charge is 2.29. The molecule has 66 heavy (non-hydrogen) atoms. The second kappa shape index (κ2) is 17.2. The van der Waals surface area contributed by atoms with Gasteiger partial charge >= 0.3 is 0 Å². The second-order valence-corrected chi connectivity index (χ2v) is 18.4. The van der Waals surface area contributed by atoms with Crippen molar-refractivity contribution in [3.8, 4) is 11.5 Å². The number of nitrogens with two attached hydrogens (primary N) is 1. The highest BCUT2D eigenvalue weighted by atomic mass is 32.2. The number of aromatic hydroxyl groups is 2. The van der Waals surface area contributed by atoms with Gasteiger partial charge in [0.25, 0.3) is 30.4 Å². The maximum absolute atomic E-state index is 12.7. The van der Waals surface area contributed by atoms with Gasteiger partial charge in [0.2, 0.25) is 0 Å². The van der Waals surface area contributed by atoms with E-state index in [1.54, 1.807) is 30.3 Å². The van der Waals surface area contributed by atoms with Crippen LogP contribution in [0.4, 0.5) is 51.2 Å². The van der Waals surface area contributed by atoms with Crippen molar-refractivity contribution in [2.75, 3.05) is 5.73 Å². The Morgan fingerprint density at radius 2 is 0.924 bits per heavy atom. The van der Waals surface area contributed by atoms with Gasteiger partial charge in [-0.15, -0.1) is 20.5 Å². The van der Waals surface area contributed by atoms with Crippen LogP contribution in [0.15, 0.2) is 183 Å². The number of nitrogens with zero attached hydrogens (tertiary/aromatic N) is 8. The number of hydrogen-bond acceptors (Lipinski definition) is 17. The van der Waals surface area contributed by atoms with E-state index < -0.39 is 90.1 Å². The molecule has 0 fully saturated rings. The molecule has 8 aromatic rings. The Balaban J connectivity index is 1.16. The molecule has 0 saturated heterocycles. The minimum Gasteiger partial charge on any atom is -0.505 e. The van der Waals surface area contributed by atoms with E-state index in [1.807, 2.05) is 42.5 Å². The smallest absolute Gasteiger partial charge is 0.296 e. The number of fused-ring (bicyclic) bond motifs is 3. The summed E-state index contributed by atoms with van der Waals surface area (Å²) in [6, 6.07) is 32.5. The summed E-state index contributed by atoms with van der Waals surface area (Å²) in [5.74, 6) is -1.73. The predicted molar refractivity (Wildman–Crippen MR) is 243 cm³/mol. The fraction of sp³-hybridized carbons (Fsp3) is 0.0233. The molecule has 8 aromatic carbocycles. The summed E-state index contributed by atoms with van der Waals surface area (Å²) >= 11 is 0. The quantitative estimate of drug-likeness (QED) is 0.0400. The maximum atomic E-state index is 12.7. The molecule has 0 atom stereocenters. The number of nitrogen functional groups attached to an aromatic ring is 1. The lowest BCUT2D eigenvalue weighted by Gasteiger charge is -2.14. The highest BCUT2D eigenvalue weighted by Crippen LogP contribution is 2.49. The van der Waals surface area contributed by atoms with Gasteiger partial charge < -0.3 is 15.9 Å². The Morgan fingerprint density at radius 1 is 0.424 bits per heavy atom. The van der Waals surface area contributed by atoms with E-state index in [2.05, 4.69) is 40.9 Å². The first-order valence-corrected chi connectivity index (χ1v) is 23.3. The number of benzene rings is 8. The minimum atomic E-state index is -5.24. The zero-order valence-electron chi connectivity index (χ0n) is 33.7. The van der Waals surface area contributed by atoms with Crippen LogP contribution in [-0.4, -0.2) is 49.1 Å². The zero-order chi connectivity index (χ0) is 47.1. The average Bonchev–Trinajstić information content (AvgIpc) is 3.27. The van der Waals surface area contributed by atoms with Crippen LogP contribution in [0.3, 0.4) is 0 Å². The largest absolute Gasteiger partial charge is 0.505 e. The monoisotopic (exact) mass is 945 g/mol. The third kappa shape index (κ3) is 8.92. The van der Waals surface area contributed by atoms with E-state index in [0.29, 0.717) is 17.4 Å². The molecule has 332 valence electrons. The summed E-state index contributed by atoms with van der Waals surface area (Å²) in [5.41, 5.74) is 5.72. The van der Waals surface area contributed by atoms with Crippen LogP contribution in [0.5, 0.6) is 11.5 Å². The first-order chi connectivity index (χ1) is 31.3. The fourth-order valence-electron chi connectivity index (χ4n) is 6.86. The first kappa shape index (κ1) is 44.7. The molecular weight excluding hydrogens is 915 g/mol. The third-order valence-electron chi connectivity index (χ3n) is 10.1. The lowest BCUT2D eigenvalue weighted by molar-refractivity contribution is 0.471. The van der Waals surface area contributed by atoms with Gasteiger partial charge in [-0.3, -0.25) is 13.7 Å². The van der Waals surface area contributed by atoms with Crippen molar-refractivity contribution in [1.82, 2.24) is 0 Å². The standard InChI is InChI=1S/C43H31N9O11S3/c1-23-30-20-36(65(58,59)60)40(51-47-27-16-14-26(15-17-27)45-49-33-13-7-9-24-8-5-6-12-28(24)33)42(53)29(30)18-19-32(23)48-50-34-22-35(64(55,56)57)31-21-37(66(61,62)63)41(43(54)38(31)39(34)44)52-46-25-10-3-2-4-11-25/h2-22,53-54H,44H2,1H3,(H,55,56,57)(H,58,59,60)(H,61,62,63). The molecule has 0 radical (unpaired) electrons. The molecule has 0 saturated carbocycles. The van der Waals surface area contributed by atoms with E-state index in [1.165, 1.54) is 43.3 Å². The summed E-state index contributed by atoms with van der Waals surface area (Å²) in [6.45, 7) is 1.46. The van der Waals surface area contributed by atoms with Crippen molar-refractivity contribution in [3.05, 3.63) is 133 Å². The summed E-state index contributed by atoms with van der Waals surface area (Å²) in [7, 11) is -15.5. The number of phenols is 2. The second-order valence-electron chi connectivity index (χ2n) is 14.3. The molecule has 0 aliphatic rings. The molecule has 0 bridgehead atoms. The van der Waals surface area contributed by atoms with Crippen LogP contribution in [0, 0.1) is 6.92 Å². The summed E-state index contributed by atoms with van der Waals surface area (Å²) < 4.78 is 106. The predicted octanol–water partition coefficient (Wildman–Crippen LogP) is 11.8. The lowest BCUT2D eigenvalue weighted by Crippen LogP contribution is -2.04. The Kier molecular flexibility index (Phi) is 11.7. The highest BCUT2D eigenvalue weighted by molar-refractivity contribution is 7.86. The number of anilines is 1. The van der Waals surface area contributed by atoms with Crippen molar-refractivity contribution in [2.24, 2.45) is 40.9 Å². The Morgan fingerprint density at radius 3 is 1.55 bits per heavy atom. The van der Waals surface area contributed by atoms with Gasteiger partial charge in [-0.2, -0.15) is 45.7 Å². The van der Waals surface area contributed by atoms with E-state index in [4.69, 9.17) is 5.73 Å². The number of phenolic OH excluding ortho intramolecular Hbond substituents is 2. The fourth-order valence-corrected chi connectivity index (χ4v) is 8.86. The van der Waals surface area contributed by atoms with Gasteiger partial charge in [0, 0.05) is 16.2 Å². The van der Waals surface area contributed by atoms with Crippen molar-refractivity contribution >= 4 is 114 Å². The number of aryl methyl sites for hydroxylation is 1. The van der Waals surface area contributed by atoms with Gasteiger partial charge in [-0.05, 0) is 96.1 Å². The summed E-state index contributed by atoms with van der Waals surface area (Å²) in [6.07, 6.45) is 0. The normalized spacial score (nSPS) is 12.8. The van der Waals surface area contributed by atoms with Crippen LogP contribution >= 0.6 is 0 Å². The molecule has 0 unspecified atom stereocenters. The van der Waals surface area contributed by atoms with E-state index in [0.717, 1.165) is 22.9 Å². The molecule has 8 rings (SSSR count). The molecule has 0 spiro atoms. The first-order valence-electron chi connectivity index (χ1n) is 18.9. The maximum Gasteiger partial charge on any atom is 0.296 e. The van der Waals surface area contributed by atoms with Crippen molar-refractivity contribution in [3.63, 3.8) is 0 Å². The molecule has 23 heteroatoms. The topological polar surface area (TPSA) is 328 Å². The van der Waals surface area contributed by atoms with Crippen LogP contribution < -0.4 is 5.73 Å². The molecule has 0 aromatic heterocycles. The van der Waals surface area contributed by atoms with Crippen LogP contribution in [-0.2, 0) is 30.4 Å². The SMILES string of the molecule is Cc1c(N=Nc2cc(S(=O)(=O)O)c3cc(S(=O)(=O)O)c(N=Nc4ccccc4)c(O)c3c2N)ccc2c(O)c(N=Nc3ccc(N=Nc4cccc5ccccc45)cc3)c(S(=O)(=O)O)cc12. The molecule has 0 heterocycles. The molecular formula is C43H31N9O11S3. The average molecular weight is 946 g/mol. The number of rotatable bonds is 11. The molecule has 0 aliphatic heterocycles. The Bertz CT molecular complexity index is 3770. The van der Waals surface area contributed by atoms with Crippen LogP contribution in [0.25, 0.3) is 32.3 Å². The van der Waals surface area contributed by atoms with Gasteiger partial charge in [0.15, 0.2) is 11.5 Å².